The summed E-state index contributed by atoms with van der Waals surface area (Å²) in [7, 11) is 1.61. The molecule has 1 aromatic carbocycles. The van der Waals surface area contributed by atoms with Crippen molar-refractivity contribution < 1.29 is 9.53 Å². The lowest BCUT2D eigenvalue weighted by molar-refractivity contribution is 0.0992. The number of rotatable bonds is 4. The molecule has 0 bridgehead atoms. The summed E-state index contributed by atoms with van der Waals surface area (Å²) in [6, 6.07) is 7.34. The lowest BCUT2D eigenvalue weighted by Gasteiger charge is -2.06. The molecule has 0 atom stereocenters. The number of ketones is 1. The molecule has 0 saturated carbocycles. The van der Waals surface area contributed by atoms with E-state index >= 15 is 0 Å². The van der Waals surface area contributed by atoms with Gasteiger partial charge in [0.25, 0.3) is 0 Å². The molecule has 1 aliphatic carbocycles. The molecule has 2 rings (SSSR count). The molecule has 0 N–H and O–H groups in total. The summed E-state index contributed by atoms with van der Waals surface area (Å²) < 4.78 is 5.14. The molecule has 2 heteroatoms. The third-order valence-electron chi connectivity index (χ3n) is 3.28. The lowest BCUT2D eigenvalue weighted by Crippen LogP contribution is -2.01. The molecule has 94 valence electrons. The Morgan fingerprint density at radius 1 is 1.33 bits per heavy atom. The van der Waals surface area contributed by atoms with Crippen LogP contribution in [0.1, 0.15) is 37.0 Å². The number of hydrogen-bond acceptors (Lipinski definition) is 2. The van der Waals surface area contributed by atoms with Crippen molar-refractivity contribution in [1.82, 2.24) is 0 Å². The largest absolute Gasteiger partial charge is 0.497 e. The van der Waals surface area contributed by atoms with Crippen LogP contribution >= 0.6 is 0 Å². The summed E-state index contributed by atoms with van der Waals surface area (Å²) in [5.41, 5.74) is 4.53. The number of ether oxygens (including phenoxy) is 1. The van der Waals surface area contributed by atoms with Crippen LogP contribution in [0.25, 0.3) is 0 Å². The van der Waals surface area contributed by atoms with Gasteiger partial charge in [0.15, 0.2) is 5.78 Å². The maximum Gasteiger partial charge on any atom is 0.167 e. The Morgan fingerprint density at radius 2 is 2.11 bits per heavy atom. The number of allylic oxidation sites excluding steroid dienone is 4. The number of carbonyl (C=O) groups excluding carboxylic acids is 1. The third-order valence-corrected chi connectivity index (χ3v) is 3.28. The van der Waals surface area contributed by atoms with Crippen LogP contribution in [0.5, 0.6) is 5.75 Å². The van der Waals surface area contributed by atoms with Gasteiger partial charge in [-0.15, -0.1) is 0 Å². The van der Waals surface area contributed by atoms with Crippen LogP contribution in [0, 0.1) is 0 Å². The van der Waals surface area contributed by atoms with Crippen LogP contribution in [-0.4, -0.2) is 12.9 Å². The van der Waals surface area contributed by atoms with Gasteiger partial charge in [-0.2, -0.15) is 0 Å². The lowest BCUT2D eigenvalue weighted by atomic mass is 9.99. The molecule has 2 nitrogen and oxygen atoms in total. The van der Waals surface area contributed by atoms with Crippen molar-refractivity contribution in [3.63, 3.8) is 0 Å². The Kier molecular flexibility index (Phi) is 3.66. The summed E-state index contributed by atoms with van der Waals surface area (Å²) in [6.07, 6.45) is 3.60. The van der Waals surface area contributed by atoms with E-state index in [2.05, 4.69) is 19.9 Å². The standard InChI is InChI=1S/C16H18O2/c1-11-7-12(2)14(8-11)10-16(17)13-5-4-6-15(9-13)18-3/h4-7,9H,8,10H2,1-3H3. The van der Waals surface area contributed by atoms with Gasteiger partial charge in [0, 0.05) is 12.0 Å². The third kappa shape index (κ3) is 2.70. The first-order valence-electron chi connectivity index (χ1n) is 6.13. The van der Waals surface area contributed by atoms with Crippen molar-refractivity contribution in [3.8, 4) is 5.75 Å². The minimum absolute atomic E-state index is 0.159. The van der Waals surface area contributed by atoms with Crippen LogP contribution < -0.4 is 4.74 Å². The van der Waals surface area contributed by atoms with Crippen molar-refractivity contribution >= 4 is 5.78 Å². The van der Waals surface area contributed by atoms with E-state index in [9.17, 15) is 4.79 Å². The molecule has 0 spiro atoms. The van der Waals surface area contributed by atoms with Gasteiger partial charge < -0.3 is 4.74 Å². The van der Waals surface area contributed by atoms with E-state index in [1.54, 1.807) is 13.2 Å². The van der Waals surface area contributed by atoms with E-state index in [1.165, 1.54) is 16.7 Å². The minimum atomic E-state index is 0.159. The smallest absolute Gasteiger partial charge is 0.167 e. The minimum Gasteiger partial charge on any atom is -0.497 e. The van der Waals surface area contributed by atoms with Crippen molar-refractivity contribution in [3.05, 3.63) is 52.6 Å². The topological polar surface area (TPSA) is 26.3 Å². The van der Waals surface area contributed by atoms with Crippen molar-refractivity contribution in [2.75, 3.05) is 7.11 Å². The predicted molar refractivity (Wildman–Crippen MR) is 73.0 cm³/mol. The van der Waals surface area contributed by atoms with Crippen LogP contribution in [0.15, 0.2) is 47.1 Å². The average molecular weight is 242 g/mol. The molecule has 1 aliphatic rings. The number of hydrogen-bond donors (Lipinski definition) is 0. The van der Waals surface area contributed by atoms with E-state index in [-0.39, 0.29) is 5.78 Å². The molecule has 0 aliphatic heterocycles. The van der Waals surface area contributed by atoms with Gasteiger partial charge in [-0.25, -0.2) is 0 Å². The van der Waals surface area contributed by atoms with Crippen LogP contribution in [0.4, 0.5) is 0 Å². The monoisotopic (exact) mass is 242 g/mol. The summed E-state index contributed by atoms with van der Waals surface area (Å²) >= 11 is 0. The predicted octanol–water partition coefficient (Wildman–Crippen LogP) is 3.93. The first-order valence-corrected chi connectivity index (χ1v) is 6.13. The van der Waals surface area contributed by atoms with Gasteiger partial charge in [-0.3, -0.25) is 4.79 Å². The van der Waals surface area contributed by atoms with Crippen molar-refractivity contribution in [2.24, 2.45) is 0 Å². The normalized spacial score (nSPS) is 14.7. The zero-order valence-corrected chi connectivity index (χ0v) is 11.1. The Labute approximate surface area is 108 Å². The summed E-state index contributed by atoms with van der Waals surface area (Å²) in [6.45, 7) is 4.18. The Morgan fingerprint density at radius 3 is 2.72 bits per heavy atom. The quantitative estimate of drug-likeness (QED) is 0.748. The van der Waals surface area contributed by atoms with Crippen LogP contribution in [-0.2, 0) is 0 Å². The van der Waals surface area contributed by atoms with E-state index in [0.29, 0.717) is 6.42 Å². The maximum atomic E-state index is 12.2. The molecule has 1 aromatic rings. The molecule has 0 aromatic heterocycles. The second-order valence-corrected chi connectivity index (χ2v) is 4.79. The zero-order chi connectivity index (χ0) is 13.1. The van der Waals surface area contributed by atoms with Gasteiger partial charge >= 0.3 is 0 Å². The summed E-state index contributed by atoms with van der Waals surface area (Å²) in [5, 5.41) is 0. The Hall–Kier alpha value is -1.83. The van der Waals surface area contributed by atoms with E-state index < -0.39 is 0 Å². The van der Waals surface area contributed by atoms with Crippen LogP contribution in [0.3, 0.4) is 0 Å². The van der Waals surface area contributed by atoms with Crippen molar-refractivity contribution in [2.45, 2.75) is 26.7 Å². The molecule has 0 amide bonds. The molecule has 0 heterocycles. The number of benzene rings is 1. The molecule has 0 fully saturated rings. The maximum absolute atomic E-state index is 12.2. The van der Waals surface area contributed by atoms with E-state index in [4.69, 9.17) is 4.74 Å². The first-order chi connectivity index (χ1) is 8.60. The highest BCUT2D eigenvalue weighted by atomic mass is 16.5. The highest BCUT2D eigenvalue weighted by molar-refractivity contribution is 5.98. The molecular formula is C16H18O2. The van der Waals surface area contributed by atoms with Gasteiger partial charge in [0.1, 0.15) is 5.75 Å². The first kappa shape index (κ1) is 12.6. The fourth-order valence-electron chi connectivity index (χ4n) is 2.29. The Balaban J connectivity index is 2.11. The second-order valence-electron chi connectivity index (χ2n) is 4.79. The van der Waals surface area contributed by atoms with E-state index in [1.807, 2.05) is 18.2 Å². The number of carbonyl (C=O) groups is 1. The fourth-order valence-corrected chi connectivity index (χ4v) is 2.29. The highest BCUT2D eigenvalue weighted by Gasteiger charge is 2.15. The average Bonchev–Trinajstić information content (AvgIpc) is 2.68. The number of methoxy groups -OCH3 is 1. The molecule has 0 radical (unpaired) electrons. The highest BCUT2D eigenvalue weighted by Crippen LogP contribution is 2.28. The van der Waals surface area contributed by atoms with Gasteiger partial charge in [0.2, 0.25) is 0 Å². The van der Waals surface area contributed by atoms with Gasteiger partial charge in [-0.05, 0) is 32.4 Å². The molecule has 18 heavy (non-hydrogen) atoms. The Bertz CT molecular complexity index is 536. The van der Waals surface area contributed by atoms with Gasteiger partial charge in [0.05, 0.1) is 7.11 Å². The summed E-state index contributed by atoms with van der Waals surface area (Å²) in [4.78, 5) is 12.2. The SMILES string of the molecule is COc1cccc(C(=O)CC2=C(C)C=C(C)C2)c1. The van der Waals surface area contributed by atoms with Crippen molar-refractivity contribution in [1.29, 1.82) is 0 Å². The summed E-state index contributed by atoms with van der Waals surface area (Å²) in [5.74, 6) is 0.888. The van der Waals surface area contributed by atoms with E-state index in [0.717, 1.165) is 17.7 Å². The molecule has 0 saturated heterocycles. The zero-order valence-electron chi connectivity index (χ0n) is 11.1. The second kappa shape index (κ2) is 5.21. The van der Waals surface area contributed by atoms with Gasteiger partial charge in [-0.1, -0.05) is 34.9 Å². The fraction of sp³-hybridized carbons (Fsp3) is 0.312. The molecular weight excluding hydrogens is 224 g/mol. The molecule has 0 unspecified atom stereocenters. The number of Topliss-reactive ketones (excluding diaryl/α,β-unsaturated/α-hetero) is 1. The van der Waals surface area contributed by atoms with Crippen LogP contribution in [0.2, 0.25) is 0 Å².